The average molecular weight is 1830 g/mol. The number of phenolic OH excluding ortho intramolecular Hbond substituents is 3. The van der Waals surface area contributed by atoms with Crippen LogP contribution in [0.1, 0.15) is 143 Å². The number of nitrogens with two attached hydrogens (primary N) is 1. The summed E-state index contributed by atoms with van der Waals surface area (Å²) < 4.78 is 51.3. The first kappa shape index (κ1) is 94.8. The summed E-state index contributed by atoms with van der Waals surface area (Å²) >= 11 is 7.32. The van der Waals surface area contributed by atoms with Crippen molar-refractivity contribution in [3.05, 3.63) is 135 Å². The average Bonchev–Trinajstić information content (AvgIpc) is 0.749. The van der Waals surface area contributed by atoms with Crippen LogP contribution in [0.2, 0.25) is 5.02 Å². The molecule has 40 heteroatoms. The van der Waals surface area contributed by atoms with Gasteiger partial charge >= 0.3 is 6.03 Å². The van der Waals surface area contributed by atoms with E-state index in [-0.39, 0.29) is 111 Å². The number of imide groups is 1. The van der Waals surface area contributed by atoms with Gasteiger partial charge in [-0.15, -0.1) is 0 Å². The molecule has 4 aliphatic carbocycles. The van der Waals surface area contributed by atoms with Gasteiger partial charge in [0.1, 0.15) is 120 Å². The van der Waals surface area contributed by atoms with Crippen molar-refractivity contribution in [1.29, 1.82) is 0 Å². The smallest absolute Gasteiger partial charge is 0.325 e. The number of carbonyl (C=O) groups excluding carboxylic acids is 9. The molecule has 6 aromatic carbocycles. The first-order valence-corrected chi connectivity index (χ1v) is 43.7. The number of urea groups is 1. The summed E-state index contributed by atoms with van der Waals surface area (Å²) in [5, 5.41) is 139. The van der Waals surface area contributed by atoms with Crippen LogP contribution in [0.25, 0.3) is 11.1 Å². The molecule has 2 saturated heterocycles. The topological polar surface area (TPSA) is 580 Å². The van der Waals surface area contributed by atoms with Crippen molar-refractivity contribution >= 4 is 70.6 Å². The van der Waals surface area contributed by atoms with Crippen molar-refractivity contribution in [3.63, 3.8) is 0 Å². The number of anilines is 1. The largest absolute Gasteiger partial charge is 0.508 e. The minimum Gasteiger partial charge on any atom is -0.508 e. The number of aromatic hydroxyl groups is 3. The van der Waals surface area contributed by atoms with Gasteiger partial charge in [0.25, 0.3) is 0 Å². The molecule has 0 unspecified atom stereocenters. The number of phenols is 3. The molecule has 7 heterocycles. The number of nitrogens with one attached hydrogen (secondary N) is 12. The third-order valence-corrected chi connectivity index (χ3v) is 25.5. The Morgan fingerprint density at radius 2 is 1.31 bits per heavy atom. The highest BCUT2D eigenvalue weighted by molar-refractivity contribution is 6.32. The Kier molecular flexibility index (Phi) is 29.3. The summed E-state index contributed by atoms with van der Waals surface area (Å²) in [5.74, 6) is -13.0. The molecule has 23 N–H and O–H groups in total. The molecule has 0 aromatic heterocycles. The molecule has 6 aromatic rings. The van der Waals surface area contributed by atoms with Crippen LogP contribution in [-0.4, -0.2) is 238 Å². The Hall–Kier alpha value is -11.3. The van der Waals surface area contributed by atoms with Gasteiger partial charge in [0.15, 0.2) is 23.9 Å². The minimum atomic E-state index is -2.42. The molecular formula is C90H112ClN13O26. The van der Waals surface area contributed by atoms with E-state index in [1.807, 2.05) is 13.8 Å². The van der Waals surface area contributed by atoms with Crippen LogP contribution in [0.15, 0.2) is 97.1 Å². The maximum Gasteiger partial charge on any atom is 0.325 e. The lowest BCUT2D eigenvalue weighted by molar-refractivity contribution is -0.333. The Morgan fingerprint density at radius 3 is 1.96 bits per heavy atom. The van der Waals surface area contributed by atoms with E-state index in [9.17, 15) is 60.3 Å². The van der Waals surface area contributed by atoms with Gasteiger partial charge in [0, 0.05) is 54.4 Å². The zero-order valence-corrected chi connectivity index (χ0v) is 73.4. The summed E-state index contributed by atoms with van der Waals surface area (Å²) in [6.07, 6.45) is -14.5. The van der Waals surface area contributed by atoms with Crippen LogP contribution >= 0.6 is 11.6 Å². The zero-order valence-electron chi connectivity index (χ0n) is 72.6. The molecule has 700 valence electrons. The second kappa shape index (κ2) is 40.2. The number of likely N-dealkylation sites (N-methyl/N-ethyl adjacent to an activating group) is 3. The Morgan fingerprint density at radius 1 is 0.662 bits per heavy atom. The fourth-order valence-electron chi connectivity index (χ4n) is 18.8. The van der Waals surface area contributed by atoms with Gasteiger partial charge in [-0.25, -0.2) is 4.79 Å². The van der Waals surface area contributed by atoms with E-state index in [1.54, 1.807) is 20.2 Å². The first-order chi connectivity index (χ1) is 62.0. The molecule has 15 bridgehead atoms. The van der Waals surface area contributed by atoms with Gasteiger partial charge in [-0.3, -0.25) is 43.7 Å². The maximum atomic E-state index is 16.8. The number of aliphatic hydroxyl groups excluding tert-OH is 6. The quantitative estimate of drug-likeness (QED) is 0.0410. The normalized spacial score (nSPS) is 29.6. The number of carbonyl (C=O) groups is 9. The number of fused-ring (bicyclic) bond motifs is 15. The van der Waals surface area contributed by atoms with Crippen LogP contribution in [-0.2, 0) is 52.6 Å². The number of hydrogen-bond acceptors (Lipinski definition) is 30. The molecular weight excluding hydrogens is 1710 g/mol. The third kappa shape index (κ3) is 20.9. The lowest BCUT2D eigenvalue weighted by atomic mass is 9.54. The summed E-state index contributed by atoms with van der Waals surface area (Å²) in [6, 6.07) is 3.67. The molecule has 130 heavy (non-hydrogen) atoms. The number of amides is 10. The van der Waals surface area contributed by atoms with Crippen molar-refractivity contribution in [1.82, 2.24) is 58.5 Å². The molecule has 18 atom stereocenters. The molecule has 7 aliphatic heterocycles. The minimum absolute atomic E-state index is 0.00658. The van der Waals surface area contributed by atoms with E-state index in [0.29, 0.717) is 24.9 Å². The van der Waals surface area contributed by atoms with Crippen molar-refractivity contribution in [2.45, 2.75) is 201 Å². The molecule has 0 radical (unpaired) electrons. The van der Waals surface area contributed by atoms with Crippen molar-refractivity contribution in [2.75, 3.05) is 59.4 Å². The van der Waals surface area contributed by atoms with Gasteiger partial charge in [-0.2, -0.15) is 0 Å². The van der Waals surface area contributed by atoms with Gasteiger partial charge in [0.05, 0.1) is 42.0 Å². The Balaban J connectivity index is 0.957. The molecule has 0 spiro atoms. The lowest BCUT2D eigenvalue weighted by Crippen LogP contribution is -2.64. The highest BCUT2D eigenvalue weighted by atomic mass is 35.5. The van der Waals surface area contributed by atoms with Gasteiger partial charge in [-0.1, -0.05) is 43.6 Å². The first-order valence-electron chi connectivity index (χ1n) is 43.3. The fraction of sp³-hybridized carbons (Fsp3) is 0.500. The van der Waals surface area contributed by atoms with Crippen LogP contribution in [0.3, 0.4) is 0 Å². The molecule has 4 saturated carbocycles. The predicted molar refractivity (Wildman–Crippen MR) is 464 cm³/mol. The number of rotatable bonds is 23. The molecule has 11 aliphatic rings. The van der Waals surface area contributed by atoms with Gasteiger partial charge < -0.3 is 148 Å². The number of ether oxygens (including phenoxy) is 8. The third-order valence-electron chi connectivity index (χ3n) is 25.2. The van der Waals surface area contributed by atoms with Gasteiger partial charge in [-0.05, 0) is 210 Å². The van der Waals surface area contributed by atoms with E-state index in [0.717, 1.165) is 80.6 Å². The van der Waals surface area contributed by atoms with Crippen LogP contribution in [0.5, 0.6) is 57.5 Å². The number of aryl methyl sites for hydroxylation is 1. The molecule has 17 rings (SSSR count). The summed E-state index contributed by atoms with van der Waals surface area (Å²) in [4.78, 5) is 140. The number of benzene rings is 6. The highest BCUT2D eigenvalue weighted by Crippen LogP contribution is 2.55. The van der Waals surface area contributed by atoms with Crippen LogP contribution in [0, 0.1) is 36.5 Å². The standard InChI is InChI=1S/C90H112ClN13O26/c1-38(2)21-55(95-8)81(115)103-72-74(110)44-10-14-59(39(3)22-44)126-62-30-48-31-63(78(62)130-88-79(77(113)76(112)64(37-105)128-88)129-66-36-90(5,92)80(114)40(4)125-66)127-60-15-11-45(29-53(60)91)75(111)73-87(121)102-71(85(119)99-68-46-24-41-23-42(26-46)27-47(68)25-41)52-32-49(106)33-58(108)67(52)51-28-43(9-13-57(51)107)69(83(117)104-73)101-84(118)70(48)100-82(116)56(96-86(72)120)35-65(109)98-89(122)97-54-34-50(123-19-17-93-6)12-16-61(54)124-20-18-94-7/h9-16,22,28-34,38,40-42,46-47,55-56,64,66,68-77,79-80,88,93-95,105-108,110-114H,17-21,23-27,35-37,92H2,1-8H3,(H,96,120)(H,99,119)(H,100,116)(H,101,118)(H,102,121)(H,103,115)(H,104,117)(H2,97,98,109,122)/t40-,41?,42?,46?,47?,55+,56-,64+,66-,68?,69+,70+,71-,72+,73-,74+,75+,76+,77-,79+,80+,88-,90-/m0/s1. The van der Waals surface area contributed by atoms with Gasteiger partial charge in [0.2, 0.25) is 59.3 Å². The van der Waals surface area contributed by atoms with Crippen molar-refractivity contribution in [2.24, 2.45) is 35.3 Å². The van der Waals surface area contributed by atoms with Crippen LogP contribution in [0.4, 0.5) is 10.5 Å². The SMILES string of the molecule is CNCCOc1ccc(OCCNC)c(NC(=O)NC(=O)C[C@@H]2NC(=O)[C@H](NC(=O)[C@@H](CC(C)C)NC)[C@H](O)c3ccc(c(C)c3)Oc3cc4cc(c3O[C@@H]3O[C@H](CO)[C@@H](O)[C@H](O)[C@H]3O[C@H]3C[C@](C)(N)[C@H](O)[C@H](C)O3)Oc3ccc(cc3Cl)[C@@H](O)[C@@H]3NC(=O)[C@H](NC(=O)[C@@H]4NC2=O)c2ccc(O)c(c2)-c2c(O)cc(O)cc2[C@@H](C(=O)NC2C4CC5CC(C4)CC2C5)NC3=O)c1. The molecule has 10 amide bonds. The summed E-state index contributed by atoms with van der Waals surface area (Å²) in [7, 11) is 4.89. The zero-order chi connectivity index (χ0) is 93.2. The van der Waals surface area contributed by atoms with Crippen molar-refractivity contribution in [3.8, 4) is 68.6 Å². The number of halogens is 1. The Labute approximate surface area is 752 Å². The molecule has 6 fully saturated rings. The van der Waals surface area contributed by atoms with E-state index in [2.05, 4.69) is 63.8 Å². The van der Waals surface area contributed by atoms with Crippen LogP contribution < -0.4 is 93.2 Å². The van der Waals surface area contributed by atoms with E-state index in [4.69, 9.17) is 55.2 Å². The fourth-order valence-corrected chi connectivity index (χ4v) is 19.0. The predicted octanol–water partition coefficient (Wildman–Crippen LogP) is 2.68. The maximum absolute atomic E-state index is 16.8. The summed E-state index contributed by atoms with van der Waals surface area (Å²) in [6.45, 7) is 8.28. The number of aliphatic hydroxyl groups is 6. The monoisotopic (exact) mass is 1830 g/mol. The van der Waals surface area contributed by atoms with E-state index < -0.39 is 227 Å². The second-order valence-electron chi connectivity index (χ2n) is 35.3. The Bertz CT molecular complexity index is 5230. The second-order valence-corrected chi connectivity index (χ2v) is 35.7. The van der Waals surface area contributed by atoms with E-state index in [1.165, 1.54) is 70.3 Å². The summed E-state index contributed by atoms with van der Waals surface area (Å²) in [5.41, 5.74) is 3.21. The van der Waals surface area contributed by atoms with Crippen molar-refractivity contribution < 1.29 is 127 Å². The highest BCUT2D eigenvalue weighted by Gasteiger charge is 2.53. The molecule has 39 nitrogen and oxygen atoms in total. The van der Waals surface area contributed by atoms with E-state index >= 15 is 28.8 Å². The lowest BCUT2D eigenvalue weighted by Gasteiger charge is -2.54. The number of hydrogen-bond donors (Lipinski definition) is 22.